The number of aryl methyl sites for hydroxylation is 1. The van der Waals surface area contributed by atoms with Gasteiger partial charge in [0.1, 0.15) is 11.6 Å². The highest BCUT2D eigenvalue weighted by Gasteiger charge is 2.21. The number of amides is 1. The standard InChI is InChI=1S/C11H16N4O2/c1-8-12-5-2-10(13-8)15-6-3-9(4-7-15)14-11(16)17/h2,5,9,14H,3-4,6-7H2,1H3,(H,16,17). The van der Waals surface area contributed by atoms with Crippen molar-refractivity contribution in [1.82, 2.24) is 15.3 Å². The molecule has 0 aromatic carbocycles. The molecule has 2 heterocycles. The molecule has 1 saturated heterocycles. The van der Waals surface area contributed by atoms with E-state index in [-0.39, 0.29) is 6.04 Å². The lowest BCUT2D eigenvalue weighted by atomic mass is 10.1. The average Bonchev–Trinajstić information content (AvgIpc) is 2.29. The number of nitrogens with zero attached hydrogens (tertiary/aromatic N) is 3. The highest BCUT2D eigenvalue weighted by Crippen LogP contribution is 2.17. The number of hydrogen-bond donors (Lipinski definition) is 2. The van der Waals surface area contributed by atoms with Gasteiger partial charge in [0.15, 0.2) is 0 Å². The molecular weight excluding hydrogens is 220 g/mol. The minimum atomic E-state index is -0.943. The molecule has 0 radical (unpaired) electrons. The van der Waals surface area contributed by atoms with E-state index in [4.69, 9.17) is 5.11 Å². The summed E-state index contributed by atoms with van der Waals surface area (Å²) in [5, 5.41) is 11.2. The van der Waals surface area contributed by atoms with Gasteiger partial charge in [-0.05, 0) is 25.8 Å². The van der Waals surface area contributed by atoms with Crippen LogP contribution >= 0.6 is 0 Å². The summed E-state index contributed by atoms with van der Waals surface area (Å²) in [6.07, 6.45) is 2.44. The van der Waals surface area contributed by atoms with Crippen LogP contribution in [0.4, 0.5) is 10.6 Å². The molecule has 2 N–H and O–H groups in total. The number of carbonyl (C=O) groups is 1. The van der Waals surface area contributed by atoms with Gasteiger partial charge in [-0.15, -0.1) is 0 Å². The van der Waals surface area contributed by atoms with Crippen LogP contribution in [-0.2, 0) is 0 Å². The first-order valence-electron chi connectivity index (χ1n) is 5.69. The molecule has 0 aliphatic carbocycles. The number of anilines is 1. The molecule has 2 rings (SSSR count). The fourth-order valence-corrected chi connectivity index (χ4v) is 2.05. The molecule has 1 aliphatic rings. The molecule has 0 atom stereocenters. The minimum absolute atomic E-state index is 0.0617. The summed E-state index contributed by atoms with van der Waals surface area (Å²) in [5.41, 5.74) is 0. The second kappa shape index (κ2) is 4.99. The summed E-state index contributed by atoms with van der Waals surface area (Å²) in [6.45, 7) is 3.50. The van der Waals surface area contributed by atoms with Crippen molar-refractivity contribution in [2.75, 3.05) is 18.0 Å². The van der Waals surface area contributed by atoms with Gasteiger partial charge < -0.3 is 15.3 Å². The van der Waals surface area contributed by atoms with Crippen molar-refractivity contribution >= 4 is 11.9 Å². The first-order chi connectivity index (χ1) is 8.15. The van der Waals surface area contributed by atoms with Crippen molar-refractivity contribution < 1.29 is 9.90 Å². The molecule has 92 valence electrons. The molecule has 1 aliphatic heterocycles. The lowest BCUT2D eigenvalue weighted by Crippen LogP contribution is -2.44. The fourth-order valence-electron chi connectivity index (χ4n) is 2.05. The van der Waals surface area contributed by atoms with Crippen molar-refractivity contribution in [1.29, 1.82) is 0 Å². The Morgan fingerprint density at radius 1 is 1.53 bits per heavy atom. The third-order valence-corrected chi connectivity index (χ3v) is 2.91. The van der Waals surface area contributed by atoms with Gasteiger partial charge in [0.25, 0.3) is 0 Å². The highest BCUT2D eigenvalue weighted by molar-refractivity contribution is 5.64. The minimum Gasteiger partial charge on any atom is -0.465 e. The third kappa shape index (κ3) is 3.05. The zero-order valence-electron chi connectivity index (χ0n) is 9.76. The average molecular weight is 236 g/mol. The van der Waals surface area contributed by atoms with Crippen molar-refractivity contribution in [2.45, 2.75) is 25.8 Å². The number of rotatable bonds is 2. The molecular formula is C11H16N4O2. The van der Waals surface area contributed by atoms with Crippen LogP contribution in [0.1, 0.15) is 18.7 Å². The first kappa shape index (κ1) is 11.6. The number of piperidine rings is 1. The zero-order valence-corrected chi connectivity index (χ0v) is 9.76. The van der Waals surface area contributed by atoms with E-state index < -0.39 is 6.09 Å². The number of nitrogens with one attached hydrogen (secondary N) is 1. The number of hydrogen-bond acceptors (Lipinski definition) is 4. The van der Waals surface area contributed by atoms with Crippen molar-refractivity contribution in [2.24, 2.45) is 0 Å². The molecule has 0 spiro atoms. The Morgan fingerprint density at radius 2 is 2.24 bits per heavy atom. The third-order valence-electron chi connectivity index (χ3n) is 2.91. The van der Waals surface area contributed by atoms with Gasteiger partial charge in [0.05, 0.1) is 0 Å². The van der Waals surface area contributed by atoms with Crippen LogP contribution in [0.25, 0.3) is 0 Å². The Balaban J connectivity index is 1.93. The lowest BCUT2D eigenvalue weighted by molar-refractivity contribution is 0.187. The van der Waals surface area contributed by atoms with Crippen LogP contribution < -0.4 is 10.2 Å². The van der Waals surface area contributed by atoms with E-state index in [9.17, 15) is 4.79 Å². The van der Waals surface area contributed by atoms with Crippen LogP contribution in [-0.4, -0.2) is 40.3 Å². The fraction of sp³-hybridized carbons (Fsp3) is 0.545. The summed E-state index contributed by atoms with van der Waals surface area (Å²) in [5.74, 6) is 1.68. The Labute approximate surface area is 99.7 Å². The monoisotopic (exact) mass is 236 g/mol. The van der Waals surface area contributed by atoms with Gasteiger partial charge >= 0.3 is 6.09 Å². The van der Waals surface area contributed by atoms with Gasteiger partial charge in [-0.1, -0.05) is 0 Å². The second-order valence-corrected chi connectivity index (χ2v) is 4.17. The zero-order chi connectivity index (χ0) is 12.3. The van der Waals surface area contributed by atoms with Crippen LogP contribution in [0, 0.1) is 6.92 Å². The largest absolute Gasteiger partial charge is 0.465 e. The van der Waals surface area contributed by atoms with Crippen LogP contribution in [0.2, 0.25) is 0 Å². The molecule has 6 nitrogen and oxygen atoms in total. The molecule has 1 fully saturated rings. The van der Waals surface area contributed by atoms with E-state index in [0.717, 1.165) is 37.6 Å². The predicted molar refractivity (Wildman–Crippen MR) is 63.2 cm³/mol. The van der Waals surface area contributed by atoms with E-state index in [0.29, 0.717) is 0 Å². The molecule has 17 heavy (non-hydrogen) atoms. The van der Waals surface area contributed by atoms with E-state index in [1.165, 1.54) is 0 Å². The van der Waals surface area contributed by atoms with E-state index in [2.05, 4.69) is 20.2 Å². The normalized spacial score (nSPS) is 16.9. The van der Waals surface area contributed by atoms with Gasteiger partial charge in [0, 0.05) is 25.3 Å². The Morgan fingerprint density at radius 3 is 2.82 bits per heavy atom. The lowest BCUT2D eigenvalue weighted by Gasteiger charge is -2.32. The summed E-state index contributed by atoms with van der Waals surface area (Å²) < 4.78 is 0. The van der Waals surface area contributed by atoms with Gasteiger partial charge in [-0.2, -0.15) is 0 Å². The maximum Gasteiger partial charge on any atom is 0.404 e. The number of carboxylic acid groups (broad SMARTS) is 1. The van der Waals surface area contributed by atoms with Crippen molar-refractivity contribution in [3.63, 3.8) is 0 Å². The molecule has 0 bridgehead atoms. The molecule has 1 aromatic rings. The molecule has 1 aromatic heterocycles. The Hall–Kier alpha value is -1.85. The van der Waals surface area contributed by atoms with Gasteiger partial charge in [-0.25, -0.2) is 14.8 Å². The van der Waals surface area contributed by atoms with Crippen LogP contribution in [0.3, 0.4) is 0 Å². The van der Waals surface area contributed by atoms with Gasteiger partial charge in [0.2, 0.25) is 0 Å². The first-order valence-corrected chi connectivity index (χ1v) is 5.69. The maximum atomic E-state index is 10.5. The molecule has 1 amide bonds. The Bertz CT molecular complexity index is 402. The van der Waals surface area contributed by atoms with Crippen molar-refractivity contribution in [3.05, 3.63) is 18.1 Å². The second-order valence-electron chi connectivity index (χ2n) is 4.17. The Kier molecular flexibility index (Phi) is 3.41. The SMILES string of the molecule is Cc1nccc(N2CCC(NC(=O)O)CC2)n1. The van der Waals surface area contributed by atoms with E-state index in [1.807, 2.05) is 13.0 Å². The smallest absolute Gasteiger partial charge is 0.404 e. The van der Waals surface area contributed by atoms with Crippen LogP contribution in [0.5, 0.6) is 0 Å². The quantitative estimate of drug-likeness (QED) is 0.801. The van der Waals surface area contributed by atoms with Crippen LogP contribution in [0.15, 0.2) is 12.3 Å². The molecule has 0 unspecified atom stereocenters. The summed E-state index contributed by atoms with van der Waals surface area (Å²) in [6, 6.07) is 1.95. The maximum absolute atomic E-state index is 10.5. The topological polar surface area (TPSA) is 78.4 Å². The predicted octanol–water partition coefficient (Wildman–Crippen LogP) is 1.02. The van der Waals surface area contributed by atoms with Crippen molar-refractivity contribution in [3.8, 4) is 0 Å². The van der Waals surface area contributed by atoms with E-state index >= 15 is 0 Å². The summed E-state index contributed by atoms with van der Waals surface area (Å²) in [7, 11) is 0. The number of aromatic nitrogens is 2. The molecule has 0 saturated carbocycles. The highest BCUT2D eigenvalue weighted by atomic mass is 16.4. The molecule has 6 heteroatoms. The summed E-state index contributed by atoms with van der Waals surface area (Å²) >= 11 is 0. The van der Waals surface area contributed by atoms with Gasteiger partial charge in [-0.3, -0.25) is 0 Å². The summed E-state index contributed by atoms with van der Waals surface area (Å²) in [4.78, 5) is 21.1. The van der Waals surface area contributed by atoms with E-state index in [1.54, 1.807) is 6.20 Å².